The first-order chi connectivity index (χ1) is 18.2. The van der Waals surface area contributed by atoms with Gasteiger partial charge in [-0.25, -0.2) is 0 Å². The second-order valence-corrected chi connectivity index (χ2v) is 8.41. The summed E-state index contributed by atoms with van der Waals surface area (Å²) in [6.45, 7) is 1.01. The molecule has 0 heterocycles. The van der Waals surface area contributed by atoms with Gasteiger partial charge in [-0.3, -0.25) is 19.2 Å². The van der Waals surface area contributed by atoms with Crippen LogP contribution in [0.15, 0.2) is 84.9 Å². The van der Waals surface area contributed by atoms with Crippen LogP contribution in [0.3, 0.4) is 0 Å². The molecule has 3 aromatic rings. The van der Waals surface area contributed by atoms with Gasteiger partial charge in [-0.05, 0) is 66.6 Å². The Morgan fingerprint density at radius 1 is 0.816 bits per heavy atom. The lowest BCUT2D eigenvalue weighted by molar-refractivity contribution is -0.134. The van der Waals surface area contributed by atoms with Crippen LogP contribution in [0.2, 0.25) is 0 Å². The van der Waals surface area contributed by atoms with Crippen molar-refractivity contribution in [1.29, 1.82) is 0 Å². The minimum atomic E-state index is -1.64. The standard InChI is InChI=1S/C30H27NO7/c1-20-2-4-21(5-3-20)8-16-27(35)29(28(36)17-9-22-6-12-24(33)13-7-22)30(37)31-23-10-14-26(15-11-23)38-19-25(34)18-32/h2-17,29,32-33H,18-19H2,1H3,(H,31,37)/b16-8+,17-9+. The molecule has 8 nitrogen and oxygen atoms in total. The van der Waals surface area contributed by atoms with Crippen LogP contribution in [0.4, 0.5) is 5.69 Å². The molecule has 3 rings (SSSR count). The number of hydrogen-bond acceptors (Lipinski definition) is 7. The van der Waals surface area contributed by atoms with E-state index in [0.29, 0.717) is 17.0 Å². The molecule has 0 saturated carbocycles. The maximum atomic E-state index is 13.1. The van der Waals surface area contributed by atoms with E-state index in [1.165, 1.54) is 48.6 Å². The number of benzene rings is 3. The number of aliphatic hydroxyl groups excluding tert-OH is 1. The summed E-state index contributed by atoms with van der Waals surface area (Å²) in [6.07, 6.45) is 5.36. The lowest BCUT2D eigenvalue weighted by atomic mass is 9.95. The number of Topliss-reactive ketones (excluding diaryl/α,β-unsaturated/α-hetero) is 1. The Morgan fingerprint density at radius 3 is 1.87 bits per heavy atom. The number of phenolic OH excluding ortho intramolecular Hbond substituents is 1. The minimum Gasteiger partial charge on any atom is -0.508 e. The normalized spacial score (nSPS) is 11.8. The van der Waals surface area contributed by atoms with Crippen molar-refractivity contribution in [2.75, 3.05) is 18.5 Å². The number of aliphatic hydroxyl groups is 1. The molecule has 1 amide bonds. The van der Waals surface area contributed by atoms with Gasteiger partial charge in [-0.2, -0.15) is 0 Å². The Kier molecular flexibility index (Phi) is 9.85. The number of hydrogen-bond donors (Lipinski definition) is 3. The smallest absolute Gasteiger partial charge is 0.243 e. The summed E-state index contributed by atoms with van der Waals surface area (Å²) in [7, 11) is 0. The third-order valence-electron chi connectivity index (χ3n) is 5.38. The highest BCUT2D eigenvalue weighted by Crippen LogP contribution is 2.18. The molecule has 3 aromatic carbocycles. The van der Waals surface area contributed by atoms with Gasteiger partial charge in [0.05, 0.1) is 0 Å². The number of allylic oxidation sites excluding steroid dienone is 2. The highest BCUT2D eigenvalue weighted by atomic mass is 16.5. The quantitative estimate of drug-likeness (QED) is 0.248. The molecule has 0 aliphatic carbocycles. The van der Waals surface area contributed by atoms with Crippen LogP contribution in [0.5, 0.6) is 11.5 Å². The Bertz CT molecular complexity index is 1270. The fourth-order valence-corrected chi connectivity index (χ4v) is 3.27. The fourth-order valence-electron chi connectivity index (χ4n) is 3.27. The van der Waals surface area contributed by atoms with Crippen LogP contribution in [0.1, 0.15) is 16.7 Å². The topological polar surface area (TPSA) is 130 Å². The van der Waals surface area contributed by atoms with Gasteiger partial charge >= 0.3 is 0 Å². The van der Waals surface area contributed by atoms with E-state index in [1.54, 1.807) is 18.2 Å². The highest BCUT2D eigenvalue weighted by Gasteiger charge is 2.31. The molecule has 0 spiro atoms. The first kappa shape index (κ1) is 27.8. The van der Waals surface area contributed by atoms with Crippen molar-refractivity contribution in [1.82, 2.24) is 0 Å². The van der Waals surface area contributed by atoms with E-state index in [0.717, 1.165) is 17.2 Å². The average molecular weight is 514 g/mol. The third-order valence-corrected chi connectivity index (χ3v) is 5.38. The van der Waals surface area contributed by atoms with Crippen LogP contribution in [0.25, 0.3) is 12.2 Å². The molecule has 0 fully saturated rings. The summed E-state index contributed by atoms with van der Waals surface area (Å²) >= 11 is 0. The van der Waals surface area contributed by atoms with Gasteiger partial charge in [0.25, 0.3) is 0 Å². The summed E-state index contributed by atoms with van der Waals surface area (Å²) in [4.78, 5) is 50.3. The second-order valence-electron chi connectivity index (χ2n) is 8.41. The number of ether oxygens (including phenoxy) is 1. The van der Waals surface area contributed by atoms with Gasteiger partial charge in [0.1, 0.15) is 24.7 Å². The van der Waals surface area contributed by atoms with Gasteiger partial charge in [0, 0.05) is 5.69 Å². The number of anilines is 1. The maximum Gasteiger partial charge on any atom is 0.243 e. The molecule has 38 heavy (non-hydrogen) atoms. The van der Waals surface area contributed by atoms with Crippen LogP contribution in [-0.4, -0.2) is 46.7 Å². The number of ketones is 3. The van der Waals surface area contributed by atoms with E-state index in [1.807, 2.05) is 31.2 Å². The van der Waals surface area contributed by atoms with Crippen molar-refractivity contribution in [3.63, 3.8) is 0 Å². The van der Waals surface area contributed by atoms with E-state index in [9.17, 15) is 24.3 Å². The zero-order valence-electron chi connectivity index (χ0n) is 20.7. The van der Waals surface area contributed by atoms with Crippen LogP contribution in [0, 0.1) is 12.8 Å². The number of carbonyl (C=O) groups is 4. The Morgan fingerprint density at radius 2 is 1.34 bits per heavy atom. The lowest BCUT2D eigenvalue weighted by Crippen LogP contribution is -2.34. The molecule has 1 atom stereocenters. The summed E-state index contributed by atoms with van der Waals surface area (Å²) < 4.78 is 5.24. The van der Waals surface area contributed by atoms with E-state index < -0.39 is 35.8 Å². The molecular formula is C30H27NO7. The molecule has 1 unspecified atom stereocenters. The van der Waals surface area contributed by atoms with Crippen molar-refractivity contribution in [2.24, 2.45) is 5.92 Å². The van der Waals surface area contributed by atoms with Gasteiger partial charge in [-0.1, -0.05) is 54.1 Å². The summed E-state index contributed by atoms with van der Waals surface area (Å²) in [5.74, 6) is -3.93. The van der Waals surface area contributed by atoms with Crippen molar-refractivity contribution in [2.45, 2.75) is 6.92 Å². The maximum absolute atomic E-state index is 13.1. The lowest BCUT2D eigenvalue weighted by Gasteiger charge is -2.13. The van der Waals surface area contributed by atoms with Crippen molar-refractivity contribution < 1.29 is 34.1 Å². The van der Waals surface area contributed by atoms with Gasteiger partial charge in [0.15, 0.2) is 23.3 Å². The predicted octanol–water partition coefficient (Wildman–Crippen LogP) is 3.76. The molecule has 194 valence electrons. The first-order valence-corrected chi connectivity index (χ1v) is 11.7. The second kappa shape index (κ2) is 13.5. The molecule has 8 heteroatoms. The molecule has 0 aliphatic heterocycles. The molecule has 0 bridgehead atoms. The van der Waals surface area contributed by atoms with Gasteiger partial charge < -0.3 is 20.3 Å². The first-order valence-electron chi connectivity index (χ1n) is 11.7. The number of rotatable bonds is 12. The predicted molar refractivity (Wildman–Crippen MR) is 144 cm³/mol. The van der Waals surface area contributed by atoms with Gasteiger partial charge in [0.2, 0.25) is 5.91 Å². The molecular weight excluding hydrogens is 486 g/mol. The number of carbonyl (C=O) groups excluding carboxylic acids is 4. The fraction of sp³-hybridized carbons (Fsp3) is 0.133. The summed E-state index contributed by atoms with van der Waals surface area (Å²) in [5, 5.41) is 20.8. The van der Waals surface area contributed by atoms with Crippen molar-refractivity contribution in [3.05, 3.63) is 102 Å². The third kappa shape index (κ3) is 8.39. The number of amides is 1. The number of aromatic hydroxyl groups is 1. The van der Waals surface area contributed by atoms with Crippen molar-refractivity contribution >= 4 is 41.1 Å². The molecule has 0 aromatic heterocycles. The van der Waals surface area contributed by atoms with E-state index in [-0.39, 0.29) is 12.4 Å². The Balaban J connectivity index is 1.78. The van der Waals surface area contributed by atoms with E-state index in [2.05, 4.69) is 5.32 Å². The average Bonchev–Trinajstić information content (AvgIpc) is 2.92. The number of aryl methyl sites for hydroxylation is 1. The van der Waals surface area contributed by atoms with E-state index >= 15 is 0 Å². The minimum absolute atomic E-state index is 0.0681. The van der Waals surface area contributed by atoms with Crippen molar-refractivity contribution in [3.8, 4) is 11.5 Å². The zero-order chi connectivity index (χ0) is 27.5. The Labute approximate surface area is 219 Å². The molecule has 3 N–H and O–H groups in total. The highest BCUT2D eigenvalue weighted by molar-refractivity contribution is 6.28. The summed E-state index contributed by atoms with van der Waals surface area (Å²) in [5.41, 5.74) is 2.71. The monoisotopic (exact) mass is 513 g/mol. The molecule has 0 aliphatic rings. The van der Waals surface area contributed by atoms with Crippen LogP contribution in [-0.2, 0) is 19.2 Å². The summed E-state index contributed by atoms with van der Waals surface area (Å²) in [6, 6.07) is 19.5. The molecule has 0 radical (unpaired) electrons. The number of phenols is 1. The Hall–Kier alpha value is -4.82. The van der Waals surface area contributed by atoms with E-state index in [4.69, 9.17) is 9.84 Å². The van der Waals surface area contributed by atoms with Gasteiger partial charge in [-0.15, -0.1) is 0 Å². The number of nitrogens with one attached hydrogen (secondary N) is 1. The van der Waals surface area contributed by atoms with Crippen LogP contribution >= 0.6 is 0 Å². The molecule has 0 saturated heterocycles. The zero-order valence-corrected chi connectivity index (χ0v) is 20.7. The SMILES string of the molecule is Cc1ccc(/C=C/C(=O)C(C(=O)/C=C/c2ccc(O)cc2)C(=O)Nc2ccc(OCC(=O)CO)cc2)cc1. The largest absolute Gasteiger partial charge is 0.508 e. The van der Waals surface area contributed by atoms with Crippen LogP contribution < -0.4 is 10.1 Å².